The number of carbonyl (C=O) groups is 3. The summed E-state index contributed by atoms with van der Waals surface area (Å²) in [5.41, 5.74) is 0.0984. The van der Waals surface area contributed by atoms with E-state index in [2.05, 4.69) is 21.2 Å². The monoisotopic (exact) mass is 371 g/mol. The van der Waals surface area contributed by atoms with Crippen LogP contribution in [-0.2, 0) is 9.59 Å². The zero-order valence-corrected chi connectivity index (χ0v) is 13.5. The third-order valence-corrected chi connectivity index (χ3v) is 3.71. The summed E-state index contributed by atoms with van der Waals surface area (Å²) in [7, 11) is 1.54. The summed E-state index contributed by atoms with van der Waals surface area (Å²) in [6.45, 7) is 0.243. The van der Waals surface area contributed by atoms with Gasteiger partial charge in [-0.3, -0.25) is 14.5 Å². The highest BCUT2D eigenvalue weighted by Crippen LogP contribution is 2.19. The fraction of sp³-hybridized carbons (Fsp3) is 0.357. The summed E-state index contributed by atoms with van der Waals surface area (Å²) in [6, 6.07) is 3.98. The fourth-order valence-electron chi connectivity index (χ4n) is 2.09. The summed E-state index contributed by atoms with van der Waals surface area (Å²) in [6.07, 6.45) is 0.422. The molecule has 1 N–H and O–H groups in total. The second-order valence-corrected chi connectivity index (χ2v) is 5.88. The zero-order chi connectivity index (χ0) is 16.3. The van der Waals surface area contributed by atoms with Crippen LogP contribution in [-0.4, -0.2) is 47.8 Å². The standard InChI is InChI=1S/C14H15BrFN3O3/c1-18-8-13(21)19(14(18)22)6-2-3-12(20)17-11-5-4-9(15)7-10(11)16/h4-5,7H,2-3,6,8H2,1H3,(H,17,20). The van der Waals surface area contributed by atoms with Gasteiger partial charge in [-0.05, 0) is 24.6 Å². The molecule has 0 bridgehead atoms. The molecule has 1 aliphatic rings. The summed E-state index contributed by atoms with van der Waals surface area (Å²) in [4.78, 5) is 37.4. The lowest BCUT2D eigenvalue weighted by atomic mass is 10.2. The highest BCUT2D eigenvalue weighted by Gasteiger charge is 2.32. The van der Waals surface area contributed by atoms with E-state index in [0.29, 0.717) is 10.9 Å². The van der Waals surface area contributed by atoms with Gasteiger partial charge in [0, 0.05) is 24.5 Å². The van der Waals surface area contributed by atoms with Crippen molar-refractivity contribution in [2.24, 2.45) is 0 Å². The molecule has 0 saturated carbocycles. The molecule has 0 aromatic heterocycles. The van der Waals surface area contributed by atoms with E-state index in [1.165, 1.54) is 17.0 Å². The number of nitrogens with zero attached hydrogens (tertiary/aromatic N) is 2. The van der Waals surface area contributed by atoms with Gasteiger partial charge in [0.25, 0.3) is 0 Å². The minimum atomic E-state index is -0.533. The minimum Gasteiger partial charge on any atom is -0.324 e. The van der Waals surface area contributed by atoms with Gasteiger partial charge in [0.15, 0.2) is 0 Å². The van der Waals surface area contributed by atoms with Gasteiger partial charge in [-0.25, -0.2) is 9.18 Å². The highest BCUT2D eigenvalue weighted by atomic mass is 79.9. The molecule has 1 fully saturated rings. The lowest BCUT2D eigenvalue weighted by molar-refractivity contribution is -0.125. The third kappa shape index (κ3) is 3.82. The number of likely N-dealkylation sites (N-methyl/N-ethyl adjacent to an activating group) is 1. The molecule has 22 heavy (non-hydrogen) atoms. The average Bonchev–Trinajstić information content (AvgIpc) is 2.68. The van der Waals surface area contributed by atoms with Gasteiger partial charge in [0.2, 0.25) is 11.8 Å². The van der Waals surface area contributed by atoms with E-state index < -0.39 is 5.82 Å². The van der Waals surface area contributed by atoms with Crippen molar-refractivity contribution in [3.63, 3.8) is 0 Å². The van der Waals surface area contributed by atoms with E-state index in [4.69, 9.17) is 0 Å². The minimum absolute atomic E-state index is 0.0646. The Morgan fingerprint density at radius 1 is 1.41 bits per heavy atom. The van der Waals surface area contributed by atoms with Crippen molar-refractivity contribution in [3.05, 3.63) is 28.5 Å². The van der Waals surface area contributed by atoms with E-state index in [9.17, 15) is 18.8 Å². The molecule has 1 aliphatic heterocycles. The fourth-order valence-corrected chi connectivity index (χ4v) is 2.42. The molecule has 2 rings (SSSR count). The number of hydrogen-bond acceptors (Lipinski definition) is 3. The van der Waals surface area contributed by atoms with Crippen LogP contribution >= 0.6 is 15.9 Å². The smallest absolute Gasteiger partial charge is 0.324 e. The van der Waals surface area contributed by atoms with Crippen LogP contribution in [0, 0.1) is 5.82 Å². The van der Waals surface area contributed by atoms with Crippen molar-refractivity contribution in [2.75, 3.05) is 25.5 Å². The van der Waals surface area contributed by atoms with E-state index >= 15 is 0 Å². The summed E-state index contributed by atoms with van der Waals surface area (Å²) in [5, 5.41) is 2.46. The highest BCUT2D eigenvalue weighted by molar-refractivity contribution is 9.10. The summed E-state index contributed by atoms with van der Waals surface area (Å²) in [5.74, 6) is -1.17. The molecule has 0 radical (unpaired) electrons. The van der Waals surface area contributed by atoms with Crippen molar-refractivity contribution < 1.29 is 18.8 Å². The Morgan fingerprint density at radius 3 is 2.73 bits per heavy atom. The van der Waals surface area contributed by atoms with Crippen LogP contribution < -0.4 is 5.32 Å². The van der Waals surface area contributed by atoms with Gasteiger partial charge in [0.1, 0.15) is 12.4 Å². The molecule has 8 heteroatoms. The molecule has 0 unspecified atom stereocenters. The number of rotatable bonds is 5. The first-order valence-electron chi connectivity index (χ1n) is 6.69. The van der Waals surface area contributed by atoms with Crippen molar-refractivity contribution in [2.45, 2.75) is 12.8 Å². The molecule has 6 nitrogen and oxygen atoms in total. The molecule has 1 saturated heterocycles. The van der Waals surface area contributed by atoms with E-state index in [0.717, 1.165) is 4.90 Å². The Morgan fingerprint density at radius 2 is 2.14 bits per heavy atom. The first kappa shape index (κ1) is 16.4. The number of urea groups is 1. The van der Waals surface area contributed by atoms with Gasteiger partial charge < -0.3 is 10.2 Å². The van der Waals surface area contributed by atoms with E-state index in [1.54, 1.807) is 13.1 Å². The Labute approximate surface area is 135 Å². The van der Waals surface area contributed by atoms with Crippen LogP contribution in [0.15, 0.2) is 22.7 Å². The average molecular weight is 372 g/mol. The van der Waals surface area contributed by atoms with Gasteiger partial charge in [-0.2, -0.15) is 0 Å². The zero-order valence-electron chi connectivity index (χ0n) is 11.9. The van der Waals surface area contributed by atoms with Crippen LogP contribution in [0.4, 0.5) is 14.9 Å². The van der Waals surface area contributed by atoms with Crippen LogP contribution in [0.2, 0.25) is 0 Å². The maximum absolute atomic E-state index is 13.6. The topological polar surface area (TPSA) is 69.7 Å². The lowest BCUT2D eigenvalue weighted by Crippen LogP contribution is -2.32. The lowest BCUT2D eigenvalue weighted by Gasteiger charge is -2.13. The molecule has 0 spiro atoms. The third-order valence-electron chi connectivity index (χ3n) is 3.22. The van der Waals surface area contributed by atoms with E-state index in [-0.39, 0.29) is 43.0 Å². The van der Waals surface area contributed by atoms with Gasteiger partial charge in [0.05, 0.1) is 5.69 Å². The van der Waals surface area contributed by atoms with Crippen molar-refractivity contribution in [1.82, 2.24) is 9.80 Å². The number of halogens is 2. The van der Waals surface area contributed by atoms with E-state index in [1.807, 2.05) is 0 Å². The number of hydrogen-bond donors (Lipinski definition) is 1. The molecule has 1 aromatic carbocycles. The SMILES string of the molecule is CN1CC(=O)N(CCCC(=O)Nc2ccc(Br)cc2F)C1=O. The number of imide groups is 1. The number of nitrogens with one attached hydrogen (secondary N) is 1. The van der Waals surface area contributed by atoms with Gasteiger partial charge >= 0.3 is 6.03 Å². The maximum Gasteiger partial charge on any atom is 0.326 e. The quantitative estimate of drug-likeness (QED) is 0.806. The first-order chi connectivity index (χ1) is 10.4. The van der Waals surface area contributed by atoms with Crippen LogP contribution in [0.3, 0.4) is 0 Å². The van der Waals surface area contributed by atoms with Gasteiger partial charge in [-0.15, -0.1) is 0 Å². The molecule has 0 atom stereocenters. The maximum atomic E-state index is 13.6. The predicted octanol–water partition coefficient (Wildman–Crippen LogP) is 2.20. The van der Waals surface area contributed by atoms with Crippen molar-refractivity contribution in [1.29, 1.82) is 0 Å². The van der Waals surface area contributed by atoms with Crippen LogP contribution in [0.1, 0.15) is 12.8 Å². The number of amides is 4. The second-order valence-electron chi connectivity index (χ2n) is 4.96. The largest absolute Gasteiger partial charge is 0.326 e. The molecule has 1 aromatic rings. The summed E-state index contributed by atoms with van der Waals surface area (Å²) >= 11 is 3.13. The Hall–Kier alpha value is -1.96. The number of anilines is 1. The van der Waals surface area contributed by atoms with Crippen molar-refractivity contribution in [3.8, 4) is 0 Å². The molecular weight excluding hydrogens is 357 g/mol. The second kappa shape index (κ2) is 6.87. The Kier molecular flexibility index (Phi) is 5.12. The number of carbonyl (C=O) groups excluding carboxylic acids is 3. The Bertz CT molecular complexity index is 623. The van der Waals surface area contributed by atoms with Crippen molar-refractivity contribution >= 4 is 39.5 Å². The molecule has 118 valence electrons. The number of benzene rings is 1. The Balaban J connectivity index is 1.81. The van der Waals surface area contributed by atoms with Gasteiger partial charge in [-0.1, -0.05) is 15.9 Å². The normalized spacial score (nSPS) is 14.7. The molecule has 4 amide bonds. The van der Waals surface area contributed by atoms with Crippen LogP contribution in [0.5, 0.6) is 0 Å². The first-order valence-corrected chi connectivity index (χ1v) is 7.48. The summed E-state index contributed by atoms with van der Waals surface area (Å²) < 4.78 is 14.2. The molecular formula is C14H15BrFN3O3. The molecule has 0 aliphatic carbocycles. The predicted molar refractivity (Wildman–Crippen MR) is 81.7 cm³/mol. The van der Waals surface area contributed by atoms with Crippen LogP contribution in [0.25, 0.3) is 0 Å². The molecule has 1 heterocycles.